The maximum Gasteiger partial charge on any atom is 0.573 e. The van der Waals surface area contributed by atoms with Gasteiger partial charge >= 0.3 is 12.1 Å². The number of ether oxygens (including phenoxy) is 1. The lowest BCUT2D eigenvalue weighted by Crippen LogP contribution is -2.23. The Morgan fingerprint density at radius 1 is 1.10 bits per heavy atom. The topological polar surface area (TPSA) is 69.3 Å². The summed E-state index contributed by atoms with van der Waals surface area (Å²) in [5.41, 5.74) is 1.09. The van der Waals surface area contributed by atoms with E-state index in [9.17, 15) is 23.1 Å². The van der Waals surface area contributed by atoms with Gasteiger partial charge in [-0.05, 0) is 54.1 Å². The maximum atomic E-state index is 12.8. The largest absolute Gasteiger partial charge is 0.573 e. The van der Waals surface area contributed by atoms with Crippen LogP contribution in [0.25, 0.3) is 16.6 Å². The van der Waals surface area contributed by atoms with Gasteiger partial charge in [0.1, 0.15) is 5.75 Å². The van der Waals surface area contributed by atoms with E-state index in [2.05, 4.69) is 9.72 Å². The molecule has 4 rings (SSSR count). The van der Waals surface area contributed by atoms with Crippen molar-refractivity contribution in [2.75, 3.05) is 0 Å². The molecule has 0 aliphatic rings. The van der Waals surface area contributed by atoms with Gasteiger partial charge in [-0.3, -0.25) is 9.55 Å². The Kier molecular flexibility index (Phi) is 4.90. The highest BCUT2D eigenvalue weighted by atomic mass is 35.5. The highest BCUT2D eigenvalue weighted by molar-refractivity contribution is 6.31. The molecule has 0 bridgehead atoms. The number of hydrogen-bond acceptors (Lipinski definition) is 4. The maximum absolute atomic E-state index is 12.8. The van der Waals surface area contributed by atoms with Crippen LogP contribution in [-0.2, 0) is 6.54 Å². The molecule has 0 aliphatic carbocycles. The van der Waals surface area contributed by atoms with Crippen molar-refractivity contribution >= 4 is 22.5 Å². The molecule has 1 N–H and O–H groups in total. The highest BCUT2D eigenvalue weighted by Gasteiger charge is 2.31. The molecule has 0 spiro atoms. The monoisotopic (exact) mass is 435 g/mol. The van der Waals surface area contributed by atoms with Crippen molar-refractivity contribution in [3.63, 3.8) is 0 Å². The first kappa shape index (κ1) is 19.8. The van der Waals surface area contributed by atoms with Gasteiger partial charge in [0.05, 0.1) is 23.9 Å². The van der Waals surface area contributed by atoms with E-state index in [1.54, 1.807) is 30.5 Å². The lowest BCUT2D eigenvalue weighted by molar-refractivity contribution is -0.274. The Morgan fingerprint density at radius 3 is 2.53 bits per heavy atom. The molecule has 0 aliphatic heterocycles. The summed E-state index contributed by atoms with van der Waals surface area (Å²) in [6, 6.07) is 11.6. The fraction of sp³-hybridized carbons (Fsp3) is 0.100. The van der Waals surface area contributed by atoms with Crippen LogP contribution < -0.4 is 10.4 Å². The Labute approximate surface area is 172 Å². The highest BCUT2D eigenvalue weighted by Crippen LogP contribution is 2.25. The third-order valence-corrected chi connectivity index (χ3v) is 4.64. The summed E-state index contributed by atoms with van der Waals surface area (Å²) < 4.78 is 43.0. The van der Waals surface area contributed by atoms with Gasteiger partial charge in [0.15, 0.2) is 0 Å². The zero-order valence-corrected chi connectivity index (χ0v) is 15.9. The molecule has 2 heterocycles. The van der Waals surface area contributed by atoms with E-state index in [0.717, 1.165) is 27.6 Å². The second-order valence-electron chi connectivity index (χ2n) is 6.41. The van der Waals surface area contributed by atoms with Crippen LogP contribution in [0.4, 0.5) is 13.2 Å². The Morgan fingerprint density at radius 2 is 1.83 bits per heavy atom. The SMILES string of the molecule is O=c1n(Cc2ccnc3ccc(Cl)cc23)cc(O)n1-c1ccc(OC(F)(F)F)cc1. The lowest BCUT2D eigenvalue weighted by atomic mass is 10.1. The minimum absolute atomic E-state index is 0.133. The third kappa shape index (κ3) is 3.97. The van der Waals surface area contributed by atoms with Gasteiger partial charge in [-0.15, -0.1) is 13.2 Å². The Balaban J connectivity index is 1.68. The summed E-state index contributed by atoms with van der Waals surface area (Å²) in [5.74, 6) is -0.792. The van der Waals surface area contributed by atoms with Crippen LogP contribution in [0.3, 0.4) is 0 Å². The van der Waals surface area contributed by atoms with E-state index in [1.165, 1.54) is 22.9 Å². The van der Waals surface area contributed by atoms with Crippen LogP contribution in [0, 0.1) is 0 Å². The molecule has 0 saturated carbocycles. The first-order chi connectivity index (χ1) is 14.2. The molecule has 154 valence electrons. The smallest absolute Gasteiger partial charge is 0.493 e. The summed E-state index contributed by atoms with van der Waals surface area (Å²) >= 11 is 6.07. The Bertz CT molecular complexity index is 1280. The molecular weight excluding hydrogens is 423 g/mol. The molecule has 0 amide bonds. The van der Waals surface area contributed by atoms with E-state index >= 15 is 0 Å². The lowest BCUT2D eigenvalue weighted by Gasteiger charge is -2.09. The van der Waals surface area contributed by atoms with Gasteiger partial charge in [-0.1, -0.05) is 11.6 Å². The number of fused-ring (bicyclic) bond motifs is 1. The van der Waals surface area contributed by atoms with Gasteiger partial charge < -0.3 is 9.84 Å². The predicted octanol–water partition coefficient (Wildman–Crippen LogP) is 4.49. The van der Waals surface area contributed by atoms with E-state index in [4.69, 9.17) is 11.6 Å². The minimum Gasteiger partial charge on any atom is -0.493 e. The second kappa shape index (κ2) is 7.42. The second-order valence-corrected chi connectivity index (χ2v) is 6.84. The number of aromatic nitrogens is 3. The van der Waals surface area contributed by atoms with Crippen LogP contribution in [0.5, 0.6) is 11.6 Å². The van der Waals surface area contributed by atoms with Crippen LogP contribution in [0.2, 0.25) is 5.02 Å². The first-order valence-corrected chi connectivity index (χ1v) is 8.99. The van der Waals surface area contributed by atoms with Crippen LogP contribution >= 0.6 is 11.6 Å². The average molecular weight is 436 g/mol. The first-order valence-electron chi connectivity index (χ1n) is 8.62. The van der Waals surface area contributed by atoms with E-state index in [1.807, 2.05) is 0 Å². The summed E-state index contributed by atoms with van der Waals surface area (Å²) in [5, 5.41) is 11.5. The number of benzene rings is 2. The number of aromatic hydroxyl groups is 1. The average Bonchev–Trinajstić information content (AvgIpc) is 2.95. The predicted molar refractivity (Wildman–Crippen MR) is 104 cm³/mol. The molecule has 30 heavy (non-hydrogen) atoms. The molecular formula is C20H13ClF3N3O3. The zero-order valence-electron chi connectivity index (χ0n) is 15.1. The normalized spacial score (nSPS) is 11.7. The number of hydrogen-bond donors (Lipinski definition) is 1. The molecule has 0 unspecified atom stereocenters. The number of nitrogens with zero attached hydrogens (tertiary/aromatic N) is 3. The van der Waals surface area contributed by atoms with Crippen molar-refractivity contribution in [1.29, 1.82) is 0 Å². The van der Waals surface area contributed by atoms with Gasteiger partial charge in [0.2, 0.25) is 5.88 Å². The fourth-order valence-electron chi connectivity index (χ4n) is 3.13. The van der Waals surface area contributed by atoms with Crippen molar-refractivity contribution in [3.05, 3.63) is 82.0 Å². The van der Waals surface area contributed by atoms with Crippen LogP contribution in [0.15, 0.2) is 65.7 Å². The van der Waals surface area contributed by atoms with Gasteiger partial charge in [-0.25, -0.2) is 9.36 Å². The fourth-order valence-corrected chi connectivity index (χ4v) is 3.30. The molecule has 2 aromatic carbocycles. The number of imidazole rings is 1. The van der Waals surface area contributed by atoms with Crippen LogP contribution in [-0.4, -0.2) is 25.6 Å². The molecule has 6 nitrogen and oxygen atoms in total. The Hall–Kier alpha value is -3.46. The van der Waals surface area contributed by atoms with Crippen molar-refractivity contribution in [2.24, 2.45) is 0 Å². The molecule has 0 fully saturated rings. The molecule has 0 atom stereocenters. The number of rotatable bonds is 4. The van der Waals surface area contributed by atoms with E-state index in [-0.39, 0.29) is 18.1 Å². The standard InChI is InChI=1S/C20H13ClF3N3O3/c21-13-1-6-17-16(9-13)12(7-8-25-17)10-26-11-18(28)27(19(26)29)14-2-4-15(5-3-14)30-20(22,23)24/h1-9,11,28H,10H2. The van der Waals surface area contributed by atoms with E-state index < -0.39 is 17.8 Å². The number of pyridine rings is 1. The molecule has 2 aromatic heterocycles. The van der Waals surface area contributed by atoms with Gasteiger partial charge in [0, 0.05) is 16.6 Å². The molecule has 0 radical (unpaired) electrons. The summed E-state index contributed by atoms with van der Waals surface area (Å²) in [6.45, 7) is 0.133. The summed E-state index contributed by atoms with van der Waals surface area (Å²) in [6.07, 6.45) is -1.97. The van der Waals surface area contributed by atoms with Crippen molar-refractivity contribution in [3.8, 4) is 17.3 Å². The minimum atomic E-state index is -4.82. The van der Waals surface area contributed by atoms with Crippen molar-refractivity contribution in [2.45, 2.75) is 12.9 Å². The van der Waals surface area contributed by atoms with Gasteiger partial charge in [0.25, 0.3) is 0 Å². The summed E-state index contributed by atoms with van der Waals surface area (Å²) in [4.78, 5) is 17.1. The van der Waals surface area contributed by atoms with Crippen molar-refractivity contribution in [1.82, 2.24) is 14.1 Å². The zero-order chi connectivity index (χ0) is 21.5. The number of alkyl halides is 3. The van der Waals surface area contributed by atoms with Crippen molar-refractivity contribution < 1.29 is 23.0 Å². The summed E-state index contributed by atoms with van der Waals surface area (Å²) in [7, 11) is 0. The molecule has 0 saturated heterocycles. The van der Waals surface area contributed by atoms with Gasteiger partial charge in [-0.2, -0.15) is 0 Å². The molecule has 10 heteroatoms. The molecule has 4 aromatic rings. The third-order valence-electron chi connectivity index (χ3n) is 4.40. The van der Waals surface area contributed by atoms with Crippen LogP contribution in [0.1, 0.15) is 5.56 Å². The number of halogens is 4. The quantitative estimate of drug-likeness (QED) is 0.512. The van der Waals surface area contributed by atoms with E-state index in [0.29, 0.717) is 10.5 Å².